The van der Waals surface area contributed by atoms with E-state index in [1.54, 1.807) is 0 Å². The number of carbonyl (C=O) groups excluding carboxylic acids is 1. The summed E-state index contributed by atoms with van der Waals surface area (Å²) in [5.74, 6) is -0.0324. The molecule has 0 aromatic rings. The number of hydrogen-bond acceptors (Lipinski definition) is 3. The highest BCUT2D eigenvalue weighted by Gasteiger charge is 2.48. The minimum absolute atomic E-state index is 0.0324. The molecular formula is C11H22N2O2. The predicted octanol–water partition coefficient (Wildman–Crippen LogP) is 0.247. The number of nitrogens with one attached hydrogen (secondary N) is 1. The first-order valence-electron chi connectivity index (χ1n) is 5.41. The van der Waals surface area contributed by atoms with Gasteiger partial charge in [-0.2, -0.15) is 0 Å². The van der Waals surface area contributed by atoms with Gasteiger partial charge in [-0.25, -0.2) is 0 Å². The number of amides is 1. The van der Waals surface area contributed by atoms with Gasteiger partial charge >= 0.3 is 0 Å². The Morgan fingerprint density at radius 3 is 2.47 bits per heavy atom. The Bertz CT molecular complexity index is 261. The lowest BCUT2D eigenvalue weighted by Crippen LogP contribution is -2.63. The molecule has 88 valence electrons. The monoisotopic (exact) mass is 214 g/mol. The van der Waals surface area contributed by atoms with E-state index in [1.165, 1.54) is 0 Å². The third-order valence-corrected chi connectivity index (χ3v) is 3.65. The van der Waals surface area contributed by atoms with Crippen LogP contribution in [-0.4, -0.2) is 29.7 Å². The van der Waals surface area contributed by atoms with Gasteiger partial charge in [0.1, 0.15) is 0 Å². The Morgan fingerprint density at radius 2 is 2.13 bits per heavy atom. The molecule has 15 heavy (non-hydrogen) atoms. The Kier molecular flexibility index (Phi) is 3.12. The molecule has 1 aliphatic carbocycles. The Hall–Kier alpha value is -0.610. The lowest BCUT2D eigenvalue weighted by molar-refractivity contribution is -0.136. The Morgan fingerprint density at radius 1 is 1.60 bits per heavy atom. The summed E-state index contributed by atoms with van der Waals surface area (Å²) in [5.41, 5.74) is 4.77. The molecule has 2 unspecified atom stereocenters. The van der Waals surface area contributed by atoms with Gasteiger partial charge in [0.05, 0.1) is 11.5 Å². The summed E-state index contributed by atoms with van der Waals surface area (Å²) in [5, 5.41) is 12.5. The van der Waals surface area contributed by atoms with Crippen LogP contribution in [0.5, 0.6) is 0 Å². The van der Waals surface area contributed by atoms with E-state index in [4.69, 9.17) is 5.73 Å². The molecule has 1 amide bonds. The number of aliphatic hydroxyl groups excluding tert-OH is 1. The fourth-order valence-corrected chi connectivity index (χ4v) is 1.59. The first-order chi connectivity index (χ1) is 6.71. The second-order valence-corrected chi connectivity index (χ2v) is 5.69. The third-order valence-electron chi connectivity index (χ3n) is 3.65. The summed E-state index contributed by atoms with van der Waals surface area (Å²) in [6.07, 6.45) is 0.322. The van der Waals surface area contributed by atoms with E-state index in [1.807, 2.05) is 27.7 Å². The fourth-order valence-electron chi connectivity index (χ4n) is 1.59. The van der Waals surface area contributed by atoms with Crippen molar-refractivity contribution in [1.82, 2.24) is 5.32 Å². The van der Waals surface area contributed by atoms with E-state index in [9.17, 15) is 9.90 Å². The molecule has 0 aromatic carbocycles. The molecule has 0 aliphatic heterocycles. The molecule has 0 radical (unpaired) electrons. The van der Waals surface area contributed by atoms with Crippen LogP contribution in [0.25, 0.3) is 0 Å². The summed E-state index contributed by atoms with van der Waals surface area (Å²) in [6.45, 7) is 7.90. The van der Waals surface area contributed by atoms with Crippen LogP contribution in [0.4, 0.5) is 0 Å². The van der Waals surface area contributed by atoms with Crippen molar-refractivity contribution >= 4 is 5.91 Å². The molecule has 1 rings (SSSR count). The quantitative estimate of drug-likeness (QED) is 0.630. The maximum atomic E-state index is 11.8. The van der Waals surface area contributed by atoms with Crippen molar-refractivity contribution in [1.29, 1.82) is 0 Å². The van der Waals surface area contributed by atoms with Crippen LogP contribution in [-0.2, 0) is 4.79 Å². The van der Waals surface area contributed by atoms with Crippen molar-refractivity contribution in [2.75, 3.05) is 6.54 Å². The second kappa shape index (κ2) is 3.76. The molecular weight excluding hydrogens is 192 g/mol. The van der Waals surface area contributed by atoms with Crippen LogP contribution in [0, 0.1) is 10.8 Å². The molecule has 0 heterocycles. The largest absolute Gasteiger partial charge is 0.392 e. The van der Waals surface area contributed by atoms with Gasteiger partial charge in [0.2, 0.25) is 5.91 Å². The molecule has 1 saturated carbocycles. The predicted molar refractivity (Wildman–Crippen MR) is 59.2 cm³/mol. The molecule has 1 aliphatic rings. The molecule has 2 atom stereocenters. The number of nitrogens with two attached hydrogens (primary N) is 1. The van der Waals surface area contributed by atoms with Gasteiger partial charge in [0.15, 0.2) is 0 Å². The Labute approximate surface area is 91.2 Å². The van der Waals surface area contributed by atoms with E-state index in [0.717, 1.165) is 0 Å². The fraction of sp³-hybridized carbons (Fsp3) is 0.909. The van der Waals surface area contributed by atoms with Crippen molar-refractivity contribution < 1.29 is 9.90 Å². The van der Waals surface area contributed by atoms with Crippen LogP contribution in [0.1, 0.15) is 34.1 Å². The summed E-state index contributed by atoms with van der Waals surface area (Å²) >= 11 is 0. The van der Waals surface area contributed by atoms with E-state index < -0.39 is 5.41 Å². The van der Waals surface area contributed by atoms with Gasteiger partial charge in [-0.05, 0) is 20.3 Å². The molecule has 0 saturated heterocycles. The first kappa shape index (κ1) is 12.5. The van der Waals surface area contributed by atoms with E-state index in [-0.39, 0.29) is 23.5 Å². The van der Waals surface area contributed by atoms with Crippen molar-refractivity contribution in [3.05, 3.63) is 0 Å². The highest BCUT2D eigenvalue weighted by Crippen LogP contribution is 2.40. The Balaban J connectivity index is 2.55. The lowest BCUT2D eigenvalue weighted by atomic mass is 9.64. The highest BCUT2D eigenvalue weighted by molar-refractivity contribution is 5.82. The van der Waals surface area contributed by atoms with Gasteiger partial charge < -0.3 is 16.2 Å². The molecule has 4 N–H and O–H groups in total. The molecule has 4 nitrogen and oxygen atoms in total. The zero-order valence-electron chi connectivity index (χ0n) is 10.0. The minimum atomic E-state index is -0.531. The SMILES string of the molecule is CC(C)(CN)C(=O)NC1CC(O)C1(C)C. The average Bonchev–Trinajstić information content (AvgIpc) is 2.17. The summed E-state index contributed by atoms with van der Waals surface area (Å²) in [6, 6.07) is 0.0609. The van der Waals surface area contributed by atoms with E-state index in [0.29, 0.717) is 13.0 Å². The summed E-state index contributed by atoms with van der Waals surface area (Å²) < 4.78 is 0. The standard InChI is InChI=1S/C11H22N2O2/c1-10(2,6-12)9(15)13-7-5-8(14)11(7,3)4/h7-8,14H,5-6,12H2,1-4H3,(H,13,15). The number of aliphatic hydroxyl groups is 1. The first-order valence-corrected chi connectivity index (χ1v) is 5.41. The van der Waals surface area contributed by atoms with E-state index in [2.05, 4.69) is 5.32 Å². The van der Waals surface area contributed by atoms with Gasteiger partial charge in [0, 0.05) is 18.0 Å². The molecule has 0 aromatic heterocycles. The molecule has 0 spiro atoms. The van der Waals surface area contributed by atoms with Gasteiger partial charge in [-0.1, -0.05) is 13.8 Å². The lowest BCUT2D eigenvalue weighted by Gasteiger charge is -2.50. The normalized spacial score (nSPS) is 29.5. The minimum Gasteiger partial charge on any atom is -0.392 e. The van der Waals surface area contributed by atoms with Crippen LogP contribution >= 0.6 is 0 Å². The van der Waals surface area contributed by atoms with Gasteiger partial charge in [-0.3, -0.25) is 4.79 Å². The van der Waals surface area contributed by atoms with Gasteiger partial charge in [-0.15, -0.1) is 0 Å². The highest BCUT2D eigenvalue weighted by atomic mass is 16.3. The van der Waals surface area contributed by atoms with Crippen LogP contribution < -0.4 is 11.1 Å². The number of carbonyl (C=O) groups is 1. The van der Waals surface area contributed by atoms with Crippen LogP contribution in [0.3, 0.4) is 0 Å². The van der Waals surface area contributed by atoms with Gasteiger partial charge in [0.25, 0.3) is 0 Å². The van der Waals surface area contributed by atoms with Crippen molar-refractivity contribution in [2.45, 2.75) is 46.3 Å². The smallest absolute Gasteiger partial charge is 0.227 e. The second-order valence-electron chi connectivity index (χ2n) is 5.69. The molecule has 1 fully saturated rings. The van der Waals surface area contributed by atoms with Crippen LogP contribution in [0.15, 0.2) is 0 Å². The zero-order chi connectivity index (χ0) is 11.9. The maximum Gasteiger partial charge on any atom is 0.227 e. The summed E-state index contributed by atoms with van der Waals surface area (Å²) in [4.78, 5) is 11.8. The summed E-state index contributed by atoms with van der Waals surface area (Å²) in [7, 11) is 0. The van der Waals surface area contributed by atoms with Crippen molar-refractivity contribution in [3.63, 3.8) is 0 Å². The topological polar surface area (TPSA) is 75.4 Å². The third kappa shape index (κ3) is 2.16. The molecule has 4 heteroatoms. The number of hydrogen-bond donors (Lipinski definition) is 3. The van der Waals surface area contributed by atoms with E-state index >= 15 is 0 Å². The average molecular weight is 214 g/mol. The van der Waals surface area contributed by atoms with Crippen molar-refractivity contribution in [3.8, 4) is 0 Å². The van der Waals surface area contributed by atoms with Crippen LogP contribution in [0.2, 0.25) is 0 Å². The maximum absolute atomic E-state index is 11.8. The zero-order valence-corrected chi connectivity index (χ0v) is 10.0. The van der Waals surface area contributed by atoms with Crippen molar-refractivity contribution in [2.24, 2.45) is 16.6 Å². The molecule has 0 bridgehead atoms. The number of rotatable bonds is 3.